The number of aromatic amines is 1. The molecule has 0 spiro atoms. The van der Waals surface area contributed by atoms with Crippen LogP contribution in [0.15, 0.2) is 52.7 Å². The maximum atomic E-state index is 12.1. The number of aromatic hydroxyl groups is 1. The van der Waals surface area contributed by atoms with E-state index in [4.69, 9.17) is 0 Å². The lowest BCUT2D eigenvalue weighted by Gasteiger charge is -1.96. The molecule has 3 rings (SSSR count). The van der Waals surface area contributed by atoms with E-state index in [-0.39, 0.29) is 22.8 Å². The molecular formula is C16H12N4O4. The number of hydrogen-bond acceptors (Lipinski definition) is 5. The van der Waals surface area contributed by atoms with Crippen LogP contribution in [-0.2, 0) is 0 Å². The molecule has 0 bridgehead atoms. The van der Waals surface area contributed by atoms with Gasteiger partial charge >= 0.3 is 0 Å². The minimum absolute atomic E-state index is 0.0449. The Kier molecular flexibility index (Phi) is 3.78. The average molecular weight is 324 g/mol. The number of amides is 1. The van der Waals surface area contributed by atoms with E-state index < -0.39 is 10.8 Å². The first kappa shape index (κ1) is 15.3. The fourth-order valence-corrected chi connectivity index (χ4v) is 2.34. The number of benzene rings is 2. The second kappa shape index (κ2) is 5.92. The predicted octanol–water partition coefficient (Wildman–Crippen LogP) is 4.01. The lowest BCUT2D eigenvalue weighted by Crippen LogP contribution is -1.95. The first-order chi connectivity index (χ1) is 11.5. The summed E-state index contributed by atoms with van der Waals surface area (Å²) in [5, 5.41) is 28.7. The number of aromatic nitrogens is 1. The Balaban J connectivity index is 1.95. The van der Waals surface area contributed by atoms with Gasteiger partial charge in [-0.15, -0.1) is 10.2 Å². The SMILES string of the molecule is Cc1cccc2c(N=NC(=O)c3cccc([N+](=O)[O-])c3)c(O)[nH]c12. The topological polar surface area (TPSA) is 121 Å². The maximum Gasteiger partial charge on any atom is 0.295 e. The number of aryl methyl sites for hydroxylation is 1. The molecule has 8 heteroatoms. The molecule has 1 aromatic heterocycles. The van der Waals surface area contributed by atoms with Gasteiger partial charge in [-0.25, -0.2) is 0 Å². The fraction of sp³-hybridized carbons (Fsp3) is 0.0625. The number of azo groups is 1. The highest BCUT2D eigenvalue weighted by Gasteiger charge is 2.14. The van der Waals surface area contributed by atoms with E-state index >= 15 is 0 Å². The van der Waals surface area contributed by atoms with Gasteiger partial charge in [0.15, 0.2) is 5.69 Å². The molecule has 0 aliphatic heterocycles. The third-order valence-corrected chi connectivity index (χ3v) is 3.54. The smallest absolute Gasteiger partial charge is 0.295 e. The van der Waals surface area contributed by atoms with Crippen LogP contribution < -0.4 is 0 Å². The van der Waals surface area contributed by atoms with Crippen LogP contribution in [0.25, 0.3) is 10.9 Å². The number of H-pyrrole nitrogens is 1. The first-order valence-electron chi connectivity index (χ1n) is 6.98. The molecule has 120 valence electrons. The van der Waals surface area contributed by atoms with E-state index in [9.17, 15) is 20.0 Å². The third kappa shape index (κ3) is 2.72. The molecule has 2 N–H and O–H groups in total. The lowest BCUT2D eigenvalue weighted by molar-refractivity contribution is -0.384. The zero-order valence-corrected chi connectivity index (χ0v) is 12.6. The Morgan fingerprint density at radius 2 is 2.00 bits per heavy atom. The zero-order valence-electron chi connectivity index (χ0n) is 12.6. The van der Waals surface area contributed by atoms with Crippen LogP contribution >= 0.6 is 0 Å². The van der Waals surface area contributed by atoms with Crippen LogP contribution in [0, 0.1) is 17.0 Å². The predicted molar refractivity (Wildman–Crippen MR) is 86.6 cm³/mol. The number of para-hydroxylation sites is 1. The Morgan fingerprint density at radius 3 is 2.75 bits per heavy atom. The van der Waals surface area contributed by atoms with E-state index in [1.54, 1.807) is 12.1 Å². The summed E-state index contributed by atoms with van der Waals surface area (Å²) in [7, 11) is 0. The molecule has 8 nitrogen and oxygen atoms in total. The highest BCUT2D eigenvalue weighted by Crippen LogP contribution is 2.36. The summed E-state index contributed by atoms with van der Waals surface area (Å²) in [6.07, 6.45) is 0. The third-order valence-electron chi connectivity index (χ3n) is 3.54. The molecule has 0 atom stereocenters. The van der Waals surface area contributed by atoms with Crippen molar-refractivity contribution in [3.8, 4) is 5.88 Å². The van der Waals surface area contributed by atoms with Crippen LogP contribution in [0.4, 0.5) is 11.4 Å². The van der Waals surface area contributed by atoms with Gasteiger partial charge in [-0.05, 0) is 18.6 Å². The number of nitro benzene ring substituents is 1. The van der Waals surface area contributed by atoms with E-state index in [2.05, 4.69) is 15.2 Å². The molecule has 0 aliphatic rings. The number of fused-ring (bicyclic) bond motifs is 1. The molecular weight excluding hydrogens is 312 g/mol. The number of nitrogens with zero attached hydrogens (tertiary/aromatic N) is 3. The van der Waals surface area contributed by atoms with Gasteiger partial charge in [0.05, 0.1) is 16.0 Å². The van der Waals surface area contributed by atoms with Gasteiger partial charge < -0.3 is 10.1 Å². The Bertz CT molecular complexity index is 991. The normalized spacial score (nSPS) is 11.2. The van der Waals surface area contributed by atoms with Crippen molar-refractivity contribution >= 4 is 28.2 Å². The van der Waals surface area contributed by atoms with Crippen molar-refractivity contribution < 1.29 is 14.8 Å². The van der Waals surface area contributed by atoms with Crippen molar-refractivity contribution in [3.63, 3.8) is 0 Å². The summed E-state index contributed by atoms with van der Waals surface area (Å²) in [4.78, 5) is 25.0. The quantitative estimate of drug-likeness (QED) is 0.429. The summed E-state index contributed by atoms with van der Waals surface area (Å²) in [5.74, 6) is -0.935. The Hall–Kier alpha value is -3.55. The molecule has 0 saturated carbocycles. The van der Waals surface area contributed by atoms with E-state index in [1.165, 1.54) is 18.2 Å². The van der Waals surface area contributed by atoms with Crippen molar-refractivity contribution in [3.05, 3.63) is 63.7 Å². The molecule has 3 aromatic rings. The number of non-ortho nitro benzene ring substituents is 1. The molecule has 0 saturated heterocycles. The molecule has 1 amide bonds. The van der Waals surface area contributed by atoms with Crippen LogP contribution in [0.2, 0.25) is 0 Å². The second-order valence-electron chi connectivity index (χ2n) is 5.13. The summed E-state index contributed by atoms with van der Waals surface area (Å²) in [5.41, 5.74) is 1.60. The molecule has 0 unspecified atom stereocenters. The Labute approximate surface area is 135 Å². The average Bonchev–Trinajstić information content (AvgIpc) is 2.90. The number of rotatable bonds is 3. The fourth-order valence-electron chi connectivity index (χ4n) is 2.34. The van der Waals surface area contributed by atoms with Gasteiger partial charge in [-0.1, -0.05) is 24.3 Å². The standard InChI is InChI=1S/C16H12N4O4/c1-9-4-2-7-12-13(9)17-16(22)14(12)18-19-15(21)10-5-3-6-11(8-10)20(23)24/h2-8,17,22H,1H3. The molecule has 24 heavy (non-hydrogen) atoms. The van der Waals surface area contributed by atoms with Crippen LogP contribution in [0.5, 0.6) is 5.88 Å². The van der Waals surface area contributed by atoms with Crippen LogP contribution in [0.3, 0.4) is 0 Å². The number of carbonyl (C=O) groups excluding carboxylic acids is 1. The summed E-state index contributed by atoms with van der Waals surface area (Å²) in [6, 6.07) is 10.6. The van der Waals surface area contributed by atoms with E-state index in [0.29, 0.717) is 10.9 Å². The zero-order chi connectivity index (χ0) is 17.3. The van der Waals surface area contributed by atoms with Crippen molar-refractivity contribution in [2.75, 3.05) is 0 Å². The van der Waals surface area contributed by atoms with Crippen molar-refractivity contribution in [2.24, 2.45) is 10.2 Å². The van der Waals surface area contributed by atoms with Crippen LogP contribution in [-0.4, -0.2) is 20.9 Å². The van der Waals surface area contributed by atoms with E-state index in [0.717, 1.165) is 11.6 Å². The van der Waals surface area contributed by atoms with Crippen LogP contribution in [0.1, 0.15) is 15.9 Å². The number of nitrogens with one attached hydrogen (secondary N) is 1. The largest absolute Gasteiger partial charge is 0.493 e. The highest BCUT2D eigenvalue weighted by atomic mass is 16.6. The van der Waals surface area contributed by atoms with Gasteiger partial charge in [-0.2, -0.15) is 0 Å². The van der Waals surface area contributed by atoms with Gasteiger partial charge in [-0.3, -0.25) is 14.9 Å². The summed E-state index contributed by atoms with van der Waals surface area (Å²) >= 11 is 0. The highest BCUT2D eigenvalue weighted by molar-refractivity contribution is 5.98. The number of nitro groups is 1. The minimum Gasteiger partial charge on any atom is -0.493 e. The maximum absolute atomic E-state index is 12.1. The summed E-state index contributed by atoms with van der Waals surface area (Å²) < 4.78 is 0. The van der Waals surface area contributed by atoms with E-state index in [1.807, 2.05) is 13.0 Å². The van der Waals surface area contributed by atoms with Gasteiger partial charge in [0, 0.05) is 17.5 Å². The van der Waals surface area contributed by atoms with Gasteiger partial charge in [0.2, 0.25) is 5.88 Å². The minimum atomic E-state index is -0.736. The molecule has 0 radical (unpaired) electrons. The lowest BCUT2D eigenvalue weighted by atomic mass is 10.1. The molecule has 0 aliphatic carbocycles. The molecule has 1 heterocycles. The number of hydrogen-bond donors (Lipinski definition) is 2. The molecule has 0 fully saturated rings. The van der Waals surface area contributed by atoms with Crippen molar-refractivity contribution in [2.45, 2.75) is 6.92 Å². The van der Waals surface area contributed by atoms with Gasteiger partial charge in [0.1, 0.15) is 0 Å². The van der Waals surface area contributed by atoms with Crippen molar-refractivity contribution in [1.82, 2.24) is 4.98 Å². The first-order valence-corrected chi connectivity index (χ1v) is 6.98. The number of carbonyl (C=O) groups is 1. The monoisotopic (exact) mass is 324 g/mol. The van der Waals surface area contributed by atoms with Gasteiger partial charge in [0.25, 0.3) is 11.6 Å². The second-order valence-corrected chi connectivity index (χ2v) is 5.13. The van der Waals surface area contributed by atoms with Crippen molar-refractivity contribution in [1.29, 1.82) is 0 Å². The summed E-state index contributed by atoms with van der Waals surface area (Å²) in [6.45, 7) is 1.87. The Morgan fingerprint density at radius 1 is 1.25 bits per heavy atom. The molecule has 2 aromatic carbocycles.